The SMILES string of the molecule is CC(=O)n1nc(-c2ccc(Cl)c(Cl)c2)n2nc(C(=O)O)cc12. The molecule has 0 radical (unpaired) electrons. The van der Waals surface area contributed by atoms with E-state index in [2.05, 4.69) is 10.2 Å². The maximum Gasteiger partial charge on any atom is 0.356 e. The van der Waals surface area contributed by atoms with Gasteiger partial charge >= 0.3 is 5.97 Å². The normalized spacial score (nSPS) is 11.0. The van der Waals surface area contributed by atoms with Crippen LogP contribution in [0.25, 0.3) is 17.0 Å². The van der Waals surface area contributed by atoms with Gasteiger partial charge in [-0.2, -0.15) is 14.3 Å². The number of benzene rings is 1. The lowest BCUT2D eigenvalue weighted by Crippen LogP contribution is -2.07. The number of nitrogens with zero attached hydrogens (tertiary/aromatic N) is 4. The van der Waals surface area contributed by atoms with Crippen LogP contribution in [0.4, 0.5) is 0 Å². The van der Waals surface area contributed by atoms with Crippen LogP contribution in [0, 0.1) is 0 Å². The van der Waals surface area contributed by atoms with Gasteiger partial charge in [0.05, 0.1) is 10.0 Å². The van der Waals surface area contributed by atoms with Crippen LogP contribution in [0.5, 0.6) is 0 Å². The molecule has 112 valence electrons. The lowest BCUT2D eigenvalue weighted by molar-refractivity contribution is 0.0689. The highest BCUT2D eigenvalue weighted by atomic mass is 35.5. The fourth-order valence-electron chi connectivity index (χ4n) is 2.02. The summed E-state index contributed by atoms with van der Waals surface area (Å²) >= 11 is 11.9. The fourth-order valence-corrected chi connectivity index (χ4v) is 2.32. The van der Waals surface area contributed by atoms with Gasteiger partial charge in [-0.15, -0.1) is 5.10 Å². The highest BCUT2D eigenvalue weighted by Gasteiger charge is 2.20. The van der Waals surface area contributed by atoms with Crippen molar-refractivity contribution in [3.05, 3.63) is 40.0 Å². The third-order valence-electron chi connectivity index (χ3n) is 3.00. The number of rotatable bonds is 2. The van der Waals surface area contributed by atoms with Crippen molar-refractivity contribution in [2.24, 2.45) is 0 Å². The number of hydrogen-bond donors (Lipinski definition) is 1. The second kappa shape index (κ2) is 5.11. The minimum Gasteiger partial charge on any atom is -0.476 e. The highest BCUT2D eigenvalue weighted by molar-refractivity contribution is 6.42. The Kier molecular flexibility index (Phi) is 3.38. The van der Waals surface area contributed by atoms with E-state index in [1.807, 2.05) is 0 Å². The zero-order valence-electron chi connectivity index (χ0n) is 11.1. The third kappa shape index (κ3) is 2.24. The number of carboxylic acids is 1. The molecule has 2 heterocycles. The summed E-state index contributed by atoms with van der Waals surface area (Å²) in [7, 11) is 0. The Bertz CT molecular complexity index is 929. The molecule has 0 aliphatic carbocycles. The molecule has 0 saturated heterocycles. The predicted molar refractivity (Wildman–Crippen MR) is 79.7 cm³/mol. The summed E-state index contributed by atoms with van der Waals surface area (Å²) in [5, 5.41) is 17.8. The van der Waals surface area contributed by atoms with Crippen molar-refractivity contribution in [1.29, 1.82) is 0 Å². The smallest absolute Gasteiger partial charge is 0.356 e. The van der Waals surface area contributed by atoms with E-state index in [1.54, 1.807) is 18.2 Å². The summed E-state index contributed by atoms with van der Waals surface area (Å²) in [5.41, 5.74) is 0.624. The van der Waals surface area contributed by atoms with E-state index in [9.17, 15) is 9.59 Å². The molecule has 3 aromatic rings. The van der Waals surface area contributed by atoms with E-state index in [4.69, 9.17) is 28.3 Å². The lowest BCUT2D eigenvalue weighted by atomic mass is 10.2. The van der Waals surface area contributed by atoms with Crippen molar-refractivity contribution >= 4 is 40.7 Å². The Labute approximate surface area is 133 Å². The van der Waals surface area contributed by atoms with E-state index in [1.165, 1.54) is 17.5 Å². The van der Waals surface area contributed by atoms with Crippen LogP contribution in [0.2, 0.25) is 10.0 Å². The molecule has 7 nitrogen and oxygen atoms in total. The minimum atomic E-state index is -1.20. The summed E-state index contributed by atoms with van der Waals surface area (Å²) in [6.07, 6.45) is 0. The lowest BCUT2D eigenvalue weighted by Gasteiger charge is -2.00. The van der Waals surface area contributed by atoms with Crippen LogP contribution in [0.15, 0.2) is 24.3 Å². The average Bonchev–Trinajstić information content (AvgIpc) is 3.00. The second-order valence-electron chi connectivity index (χ2n) is 4.49. The van der Waals surface area contributed by atoms with Gasteiger partial charge in [0.1, 0.15) is 0 Å². The molecule has 0 aliphatic heterocycles. The molecule has 0 aliphatic rings. The average molecular weight is 339 g/mol. The number of hydrogen-bond acceptors (Lipinski definition) is 4. The topological polar surface area (TPSA) is 89.5 Å². The number of carbonyl (C=O) groups excluding carboxylic acids is 1. The molecule has 0 bridgehead atoms. The maximum absolute atomic E-state index is 11.7. The molecule has 0 atom stereocenters. The second-order valence-corrected chi connectivity index (χ2v) is 5.30. The first-order valence-electron chi connectivity index (χ1n) is 6.07. The van der Waals surface area contributed by atoms with Crippen molar-refractivity contribution in [2.45, 2.75) is 6.92 Å². The first-order chi connectivity index (χ1) is 10.4. The zero-order valence-corrected chi connectivity index (χ0v) is 12.6. The zero-order chi connectivity index (χ0) is 16.0. The molecule has 3 rings (SSSR count). The number of aromatic carboxylic acids is 1. The summed E-state index contributed by atoms with van der Waals surface area (Å²) in [5.74, 6) is -1.27. The Hall–Kier alpha value is -2.38. The van der Waals surface area contributed by atoms with Crippen LogP contribution >= 0.6 is 23.2 Å². The molecule has 0 fully saturated rings. The third-order valence-corrected chi connectivity index (χ3v) is 3.74. The summed E-state index contributed by atoms with van der Waals surface area (Å²) in [4.78, 5) is 22.7. The van der Waals surface area contributed by atoms with Crippen LogP contribution in [-0.2, 0) is 0 Å². The van der Waals surface area contributed by atoms with Crippen LogP contribution in [0.3, 0.4) is 0 Å². The Morgan fingerprint density at radius 3 is 2.45 bits per heavy atom. The van der Waals surface area contributed by atoms with E-state index in [0.29, 0.717) is 15.6 Å². The van der Waals surface area contributed by atoms with Gasteiger partial charge in [0.2, 0.25) is 5.91 Å². The number of carboxylic acid groups (broad SMARTS) is 1. The van der Waals surface area contributed by atoms with Crippen molar-refractivity contribution in [3.8, 4) is 11.4 Å². The van der Waals surface area contributed by atoms with E-state index in [0.717, 1.165) is 4.68 Å². The van der Waals surface area contributed by atoms with Crippen LogP contribution in [0.1, 0.15) is 22.2 Å². The van der Waals surface area contributed by atoms with Gasteiger partial charge in [-0.1, -0.05) is 23.2 Å². The van der Waals surface area contributed by atoms with Crippen molar-refractivity contribution in [1.82, 2.24) is 19.4 Å². The van der Waals surface area contributed by atoms with Crippen molar-refractivity contribution in [2.75, 3.05) is 0 Å². The standard InChI is InChI=1S/C13H8Cl2N4O3/c1-6(20)18-11-5-10(13(21)22)16-19(11)12(17-18)7-2-3-8(14)9(15)4-7/h2-5H,1H3,(H,21,22). The van der Waals surface area contributed by atoms with Gasteiger partial charge in [-0.05, 0) is 18.2 Å². The van der Waals surface area contributed by atoms with E-state index >= 15 is 0 Å². The highest BCUT2D eigenvalue weighted by Crippen LogP contribution is 2.28. The maximum atomic E-state index is 11.7. The van der Waals surface area contributed by atoms with Gasteiger partial charge in [-0.3, -0.25) is 4.79 Å². The Morgan fingerprint density at radius 2 is 1.86 bits per heavy atom. The largest absolute Gasteiger partial charge is 0.476 e. The molecule has 2 aromatic heterocycles. The number of halogens is 2. The van der Waals surface area contributed by atoms with Crippen molar-refractivity contribution in [3.63, 3.8) is 0 Å². The molecule has 1 aromatic carbocycles. The molecule has 1 N–H and O–H groups in total. The van der Waals surface area contributed by atoms with Gasteiger partial charge in [0, 0.05) is 18.6 Å². The molecular weight excluding hydrogens is 331 g/mol. The molecule has 0 amide bonds. The Morgan fingerprint density at radius 1 is 1.14 bits per heavy atom. The van der Waals surface area contributed by atoms with E-state index in [-0.39, 0.29) is 23.1 Å². The number of fused-ring (bicyclic) bond motifs is 1. The predicted octanol–water partition coefficient (Wildman–Crippen LogP) is 2.86. The van der Waals surface area contributed by atoms with Gasteiger partial charge < -0.3 is 5.11 Å². The summed E-state index contributed by atoms with van der Waals surface area (Å²) in [6, 6.07) is 6.08. The summed E-state index contributed by atoms with van der Waals surface area (Å²) in [6.45, 7) is 1.32. The number of aromatic nitrogens is 4. The molecule has 9 heteroatoms. The molecule has 0 unspecified atom stereocenters. The quantitative estimate of drug-likeness (QED) is 0.775. The van der Waals surface area contributed by atoms with Gasteiger partial charge in [-0.25, -0.2) is 4.79 Å². The molecule has 22 heavy (non-hydrogen) atoms. The first kappa shape index (κ1) is 14.6. The van der Waals surface area contributed by atoms with Gasteiger partial charge in [0.15, 0.2) is 17.2 Å². The first-order valence-corrected chi connectivity index (χ1v) is 6.82. The monoisotopic (exact) mass is 338 g/mol. The van der Waals surface area contributed by atoms with Crippen LogP contribution < -0.4 is 0 Å². The fraction of sp³-hybridized carbons (Fsp3) is 0.0769. The number of carbonyl (C=O) groups is 2. The molecule has 0 saturated carbocycles. The van der Waals surface area contributed by atoms with E-state index < -0.39 is 5.97 Å². The van der Waals surface area contributed by atoms with Crippen molar-refractivity contribution < 1.29 is 14.7 Å². The molecular formula is C13H8Cl2N4O3. The Balaban J connectivity index is 2.30. The van der Waals surface area contributed by atoms with Gasteiger partial charge in [0.25, 0.3) is 0 Å². The van der Waals surface area contributed by atoms with Crippen LogP contribution in [-0.4, -0.2) is 36.4 Å². The summed E-state index contributed by atoms with van der Waals surface area (Å²) < 4.78 is 2.36. The molecule has 0 spiro atoms. The minimum absolute atomic E-state index is 0.186.